The van der Waals surface area contributed by atoms with Crippen molar-refractivity contribution in [3.8, 4) is 11.5 Å². The third kappa shape index (κ3) is 4.35. The maximum absolute atomic E-state index is 12.4. The molecule has 9 heteroatoms. The third-order valence-electron chi connectivity index (χ3n) is 5.16. The van der Waals surface area contributed by atoms with Gasteiger partial charge in [0.05, 0.1) is 17.6 Å². The van der Waals surface area contributed by atoms with Gasteiger partial charge in [0.1, 0.15) is 0 Å². The van der Waals surface area contributed by atoms with Gasteiger partial charge in [-0.05, 0) is 43.0 Å². The number of hydrogen-bond acceptors (Lipinski definition) is 7. The Morgan fingerprint density at radius 2 is 1.94 bits per heavy atom. The van der Waals surface area contributed by atoms with Crippen LogP contribution in [0.25, 0.3) is 22.6 Å². The zero-order valence-corrected chi connectivity index (χ0v) is 17.1. The van der Waals surface area contributed by atoms with Crippen LogP contribution in [0.2, 0.25) is 0 Å². The van der Waals surface area contributed by atoms with E-state index < -0.39 is 11.2 Å². The van der Waals surface area contributed by atoms with Crippen molar-refractivity contribution in [2.24, 2.45) is 5.18 Å². The Labute approximate surface area is 177 Å². The normalized spacial score (nSPS) is 11.1. The summed E-state index contributed by atoms with van der Waals surface area (Å²) in [4.78, 5) is 45.5. The molecule has 0 bridgehead atoms. The molecule has 0 amide bonds. The van der Waals surface area contributed by atoms with Crippen molar-refractivity contribution >= 4 is 16.7 Å². The predicted molar refractivity (Wildman–Crippen MR) is 120 cm³/mol. The van der Waals surface area contributed by atoms with Gasteiger partial charge in [-0.3, -0.25) is 9.78 Å². The van der Waals surface area contributed by atoms with E-state index in [4.69, 9.17) is 0 Å². The zero-order chi connectivity index (χ0) is 21.8. The molecule has 0 unspecified atom stereocenters. The van der Waals surface area contributed by atoms with Crippen molar-refractivity contribution in [1.29, 1.82) is 0 Å². The average Bonchev–Trinajstić information content (AvgIpc) is 2.75. The standard InChI is InChI=1S/C22H22N6O3/c1-14-12-17-18(13-16(14)23-9-10-24-31)28(11-5-8-15-6-3-2-4-7-15)20-19(25-17)21(29)27-22(30)26-20/h2-4,6-7,12-13,23H,5,8-11H2,1H3,(H,27,29,30). The second-order valence-electron chi connectivity index (χ2n) is 7.33. The number of nitroso groups, excluding NO2 is 1. The van der Waals surface area contributed by atoms with Crippen molar-refractivity contribution in [1.82, 2.24) is 19.5 Å². The van der Waals surface area contributed by atoms with Gasteiger partial charge in [0, 0.05) is 18.8 Å². The van der Waals surface area contributed by atoms with Crippen LogP contribution >= 0.6 is 0 Å². The predicted octanol–water partition coefficient (Wildman–Crippen LogP) is 2.70. The highest BCUT2D eigenvalue weighted by Gasteiger charge is 2.19. The molecule has 31 heavy (non-hydrogen) atoms. The summed E-state index contributed by atoms with van der Waals surface area (Å²) in [7, 11) is 0. The topological polar surface area (TPSA) is 122 Å². The molecule has 0 saturated heterocycles. The molecule has 0 aliphatic carbocycles. The molecular weight excluding hydrogens is 396 g/mol. The molecule has 0 aromatic heterocycles. The van der Waals surface area contributed by atoms with E-state index >= 15 is 0 Å². The highest BCUT2D eigenvalue weighted by Crippen LogP contribution is 2.27. The van der Waals surface area contributed by atoms with Gasteiger partial charge >= 0.3 is 5.69 Å². The summed E-state index contributed by atoms with van der Waals surface area (Å²) in [5.41, 5.74) is 3.24. The Morgan fingerprint density at radius 3 is 2.71 bits per heavy atom. The van der Waals surface area contributed by atoms with Gasteiger partial charge in [0.2, 0.25) is 0 Å². The van der Waals surface area contributed by atoms with Gasteiger partial charge in [-0.1, -0.05) is 35.5 Å². The number of aromatic nitrogens is 4. The minimum absolute atomic E-state index is 0.136. The molecule has 4 rings (SSSR count). The molecule has 2 aromatic rings. The van der Waals surface area contributed by atoms with Gasteiger partial charge in [-0.2, -0.15) is 9.89 Å². The van der Waals surface area contributed by atoms with Crippen molar-refractivity contribution in [2.75, 3.05) is 18.4 Å². The number of hydrogen-bond donors (Lipinski definition) is 2. The molecule has 0 saturated carbocycles. The van der Waals surface area contributed by atoms with E-state index in [0.29, 0.717) is 18.6 Å². The number of aromatic amines is 1. The molecule has 2 heterocycles. The smallest absolute Gasteiger partial charge is 0.349 e. The van der Waals surface area contributed by atoms with Crippen LogP contribution in [0.15, 0.2) is 57.2 Å². The van der Waals surface area contributed by atoms with Crippen LogP contribution in [0.5, 0.6) is 0 Å². The molecule has 2 aliphatic rings. The van der Waals surface area contributed by atoms with Crippen LogP contribution in [0.3, 0.4) is 0 Å². The molecule has 9 nitrogen and oxygen atoms in total. The first-order valence-corrected chi connectivity index (χ1v) is 10.1. The highest BCUT2D eigenvalue weighted by molar-refractivity contribution is 5.84. The number of rotatable bonds is 8. The molecule has 2 aliphatic heterocycles. The van der Waals surface area contributed by atoms with Crippen LogP contribution in [0.1, 0.15) is 17.5 Å². The Morgan fingerprint density at radius 1 is 1.13 bits per heavy atom. The fourth-order valence-electron chi connectivity index (χ4n) is 3.68. The lowest BCUT2D eigenvalue weighted by Gasteiger charge is -2.18. The first kappa shape index (κ1) is 20.4. The van der Waals surface area contributed by atoms with E-state index in [2.05, 4.69) is 37.6 Å². The van der Waals surface area contributed by atoms with E-state index in [0.717, 1.165) is 29.6 Å². The highest BCUT2D eigenvalue weighted by atomic mass is 16.3. The average molecular weight is 418 g/mol. The van der Waals surface area contributed by atoms with Gasteiger partial charge in [-0.25, -0.2) is 9.78 Å². The summed E-state index contributed by atoms with van der Waals surface area (Å²) >= 11 is 0. The van der Waals surface area contributed by atoms with E-state index in [1.54, 1.807) is 0 Å². The van der Waals surface area contributed by atoms with Crippen LogP contribution in [-0.2, 0) is 13.0 Å². The number of nitrogens with zero attached hydrogens (tertiary/aromatic N) is 4. The van der Waals surface area contributed by atoms with Crippen molar-refractivity contribution in [3.63, 3.8) is 0 Å². The summed E-state index contributed by atoms with van der Waals surface area (Å²) in [5.74, 6) is 0.263. The molecule has 0 fully saturated rings. The van der Waals surface area contributed by atoms with E-state index in [1.807, 2.05) is 41.8 Å². The largest absolute Gasteiger partial charge is 0.383 e. The lowest BCUT2D eigenvalue weighted by molar-refractivity contribution is 0.649. The number of fused-ring (bicyclic) bond motifs is 2. The second kappa shape index (κ2) is 8.86. The summed E-state index contributed by atoms with van der Waals surface area (Å²) in [5, 5.41) is 6.08. The molecule has 0 spiro atoms. The number of H-pyrrole nitrogens is 1. The van der Waals surface area contributed by atoms with Gasteiger partial charge in [0.15, 0.2) is 11.5 Å². The van der Waals surface area contributed by atoms with E-state index in [9.17, 15) is 14.5 Å². The SMILES string of the molecule is Cc1cc2nc3c(=O)[nH]c(=O)nc-3n(CCCc3ccccc3)c2cc1NCCN=O. The zero-order valence-electron chi connectivity index (χ0n) is 17.1. The van der Waals surface area contributed by atoms with Crippen LogP contribution < -0.4 is 16.6 Å². The number of aryl methyl sites for hydroxylation is 3. The summed E-state index contributed by atoms with van der Waals surface area (Å²) in [6.45, 7) is 3.04. The monoisotopic (exact) mass is 418 g/mol. The van der Waals surface area contributed by atoms with Gasteiger partial charge in [0.25, 0.3) is 5.56 Å². The summed E-state index contributed by atoms with van der Waals surface area (Å²) in [6, 6.07) is 13.9. The first-order valence-electron chi connectivity index (χ1n) is 10.1. The van der Waals surface area contributed by atoms with E-state index in [1.165, 1.54) is 5.56 Å². The Bertz CT molecular complexity index is 1310. The van der Waals surface area contributed by atoms with Crippen molar-refractivity contribution < 1.29 is 0 Å². The lowest BCUT2D eigenvalue weighted by Crippen LogP contribution is -2.29. The first-order chi connectivity index (χ1) is 15.1. The number of anilines is 1. The maximum Gasteiger partial charge on any atom is 0.349 e. The second-order valence-corrected chi connectivity index (χ2v) is 7.33. The Kier molecular flexibility index (Phi) is 5.83. The molecule has 2 aromatic carbocycles. The molecule has 0 radical (unpaired) electrons. The quantitative estimate of drug-likeness (QED) is 0.258. The van der Waals surface area contributed by atoms with Gasteiger partial charge in [-0.15, -0.1) is 0 Å². The summed E-state index contributed by atoms with van der Waals surface area (Å²) < 4.78 is 1.87. The number of nitrogens with one attached hydrogen (secondary N) is 2. The maximum atomic E-state index is 12.4. The summed E-state index contributed by atoms with van der Waals surface area (Å²) in [6.07, 6.45) is 1.63. The minimum atomic E-state index is -0.696. The fourth-order valence-corrected chi connectivity index (χ4v) is 3.68. The molecular formula is C22H22N6O3. The van der Waals surface area contributed by atoms with Crippen LogP contribution in [0, 0.1) is 11.8 Å². The lowest BCUT2D eigenvalue weighted by atomic mass is 10.1. The Hall–Kier alpha value is -3.88. The Balaban J connectivity index is 1.81. The number of benzene rings is 2. The minimum Gasteiger partial charge on any atom is -0.383 e. The van der Waals surface area contributed by atoms with Crippen molar-refractivity contribution in [2.45, 2.75) is 26.3 Å². The molecule has 158 valence electrons. The third-order valence-corrected chi connectivity index (χ3v) is 5.16. The molecule has 0 atom stereocenters. The molecule has 2 N–H and O–H groups in total. The van der Waals surface area contributed by atoms with Gasteiger partial charge < -0.3 is 9.88 Å². The van der Waals surface area contributed by atoms with Crippen molar-refractivity contribution in [3.05, 3.63) is 79.3 Å². The van der Waals surface area contributed by atoms with E-state index in [-0.39, 0.29) is 18.1 Å². The van der Waals surface area contributed by atoms with Crippen LogP contribution in [-0.4, -0.2) is 32.6 Å². The fraction of sp³-hybridized carbons (Fsp3) is 0.273. The van der Waals surface area contributed by atoms with Crippen LogP contribution in [0.4, 0.5) is 5.69 Å².